The third-order valence-electron chi connectivity index (χ3n) is 3.47. The van der Waals surface area contributed by atoms with Gasteiger partial charge < -0.3 is 4.98 Å². The second kappa shape index (κ2) is 4.82. The Kier molecular flexibility index (Phi) is 3.26. The molecular weight excluding hydrogens is 339 g/mol. The number of halogens is 2. The van der Waals surface area contributed by atoms with Crippen molar-refractivity contribution in [3.05, 3.63) is 56.5 Å². The molecule has 3 aromatic rings. The Bertz CT molecular complexity index is 879. The minimum Gasteiger partial charge on any atom is -0.330 e. The second-order valence-corrected chi connectivity index (χ2v) is 6.06. The van der Waals surface area contributed by atoms with Crippen LogP contribution >= 0.6 is 28.1 Å². The number of fused-ring (bicyclic) bond motifs is 1. The Labute approximate surface area is 129 Å². The number of imidazole rings is 1. The number of H-pyrrole nitrogens is 1. The van der Waals surface area contributed by atoms with Gasteiger partial charge in [0.25, 0.3) is 0 Å². The monoisotopic (exact) mass is 350 g/mol. The van der Waals surface area contributed by atoms with Crippen molar-refractivity contribution in [2.75, 3.05) is 0 Å². The van der Waals surface area contributed by atoms with Crippen LogP contribution in [0, 0.1) is 24.4 Å². The van der Waals surface area contributed by atoms with Gasteiger partial charge in [0.1, 0.15) is 5.82 Å². The van der Waals surface area contributed by atoms with Gasteiger partial charge in [0.15, 0.2) is 4.77 Å². The van der Waals surface area contributed by atoms with E-state index < -0.39 is 0 Å². The number of nitrogens with one attached hydrogen (secondary N) is 1. The first-order chi connectivity index (χ1) is 9.47. The molecule has 3 rings (SSSR count). The zero-order valence-corrected chi connectivity index (χ0v) is 13.4. The molecule has 102 valence electrons. The van der Waals surface area contributed by atoms with Crippen LogP contribution in [0.5, 0.6) is 0 Å². The van der Waals surface area contributed by atoms with Crippen molar-refractivity contribution in [3.8, 4) is 5.69 Å². The lowest BCUT2D eigenvalue weighted by atomic mass is 10.1. The van der Waals surface area contributed by atoms with Crippen molar-refractivity contribution in [2.45, 2.75) is 13.8 Å². The maximum atomic E-state index is 13.6. The highest BCUT2D eigenvalue weighted by Gasteiger charge is 2.10. The van der Waals surface area contributed by atoms with Crippen LogP contribution < -0.4 is 0 Å². The van der Waals surface area contributed by atoms with Gasteiger partial charge in [-0.05, 0) is 71.3 Å². The summed E-state index contributed by atoms with van der Waals surface area (Å²) in [6.45, 7) is 4.13. The minimum absolute atomic E-state index is 0.305. The van der Waals surface area contributed by atoms with E-state index in [0.717, 1.165) is 11.2 Å². The maximum Gasteiger partial charge on any atom is 0.182 e. The number of benzene rings is 2. The highest BCUT2D eigenvalue weighted by Crippen LogP contribution is 2.26. The Morgan fingerprint density at radius 2 is 1.90 bits per heavy atom. The van der Waals surface area contributed by atoms with Crippen LogP contribution in [0.15, 0.2) is 34.8 Å². The Morgan fingerprint density at radius 1 is 1.15 bits per heavy atom. The van der Waals surface area contributed by atoms with Crippen LogP contribution in [0.2, 0.25) is 0 Å². The van der Waals surface area contributed by atoms with E-state index >= 15 is 0 Å². The molecule has 1 aromatic heterocycles. The Hall–Kier alpha value is -1.46. The molecule has 0 radical (unpaired) electrons. The van der Waals surface area contributed by atoms with Gasteiger partial charge in [-0.15, -0.1) is 0 Å². The molecule has 0 unspecified atom stereocenters. The van der Waals surface area contributed by atoms with E-state index in [-0.39, 0.29) is 5.82 Å². The average molecular weight is 351 g/mol. The van der Waals surface area contributed by atoms with Gasteiger partial charge in [-0.2, -0.15) is 0 Å². The molecule has 0 spiro atoms. The van der Waals surface area contributed by atoms with Crippen molar-refractivity contribution in [1.29, 1.82) is 0 Å². The summed E-state index contributed by atoms with van der Waals surface area (Å²) in [5, 5.41) is 0. The minimum atomic E-state index is -0.305. The fourth-order valence-electron chi connectivity index (χ4n) is 2.22. The quantitative estimate of drug-likeness (QED) is 0.597. The number of hydrogen-bond donors (Lipinski definition) is 1. The summed E-state index contributed by atoms with van der Waals surface area (Å²) >= 11 is 8.59. The van der Waals surface area contributed by atoms with E-state index in [1.54, 1.807) is 6.07 Å². The number of aryl methyl sites for hydroxylation is 2. The number of rotatable bonds is 1. The number of nitrogens with zero attached hydrogens (tertiary/aromatic N) is 1. The van der Waals surface area contributed by atoms with Gasteiger partial charge in [0, 0.05) is 11.8 Å². The van der Waals surface area contributed by atoms with Crippen LogP contribution in [0.1, 0.15) is 11.1 Å². The lowest BCUT2D eigenvalue weighted by Gasteiger charge is -2.08. The van der Waals surface area contributed by atoms with Crippen LogP contribution in [0.25, 0.3) is 16.7 Å². The fraction of sp³-hybridized carbons (Fsp3) is 0.133. The molecule has 5 heteroatoms. The van der Waals surface area contributed by atoms with Crippen molar-refractivity contribution in [2.24, 2.45) is 0 Å². The molecule has 0 saturated heterocycles. The third-order valence-corrected chi connectivity index (χ3v) is 4.37. The summed E-state index contributed by atoms with van der Waals surface area (Å²) in [5.74, 6) is -0.305. The summed E-state index contributed by atoms with van der Waals surface area (Å²) in [7, 11) is 0. The summed E-state index contributed by atoms with van der Waals surface area (Å²) in [4.78, 5) is 3.04. The largest absolute Gasteiger partial charge is 0.330 e. The summed E-state index contributed by atoms with van der Waals surface area (Å²) in [6.07, 6.45) is 0. The number of aromatic amines is 1. The maximum absolute atomic E-state index is 13.6. The molecule has 0 atom stereocenters. The number of hydrogen-bond acceptors (Lipinski definition) is 1. The Morgan fingerprint density at radius 3 is 2.60 bits per heavy atom. The van der Waals surface area contributed by atoms with E-state index in [1.807, 2.05) is 10.6 Å². The van der Waals surface area contributed by atoms with Crippen LogP contribution in [0.3, 0.4) is 0 Å². The van der Waals surface area contributed by atoms with Crippen LogP contribution in [-0.4, -0.2) is 9.55 Å². The van der Waals surface area contributed by atoms with Crippen LogP contribution in [0.4, 0.5) is 4.39 Å². The smallest absolute Gasteiger partial charge is 0.182 e. The molecular formula is C15H12BrFN2S. The molecule has 0 aliphatic rings. The van der Waals surface area contributed by atoms with Crippen molar-refractivity contribution < 1.29 is 4.39 Å². The number of aromatic nitrogens is 2. The highest BCUT2D eigenvalue weighted by molar-refractivity contribution is 9.10. The first-order valence-corrected chi connectivity index (χ1v) is 7.35. The second-order valence-electron chi connectivity index (χ2n) is 4.82. The average Bonchev–Trinajstić information content (AvgIpc) is 2.69. The molecule has 1 heterocycles. The molecule has 0 aliphatic heterocycles. The summed E-state index contributed by atoms with van der Waals surface area (Å²) in [6, 6.07) is 9.35. The van der Waals surface area contributed by atoms with Crippen molar-refractivity contribution in [3.63, 3.8) is 0 Å². The first-order valence-electron chi connectivity index (χ1n) is 6.15. The lowest BCUT2D eigenvalue weighted by Crippen LogP contribution is -1.95. The Balaban J connectivity index is 2.35. The molecule has 1 N–H and O–H groups in total. The first kappa shape index (κ1) is 13.5. The zero-order valence-electron chi connectivity index (χ0n) is 11.0. The van der Waals surface area contributed by atoms with E-state index in [9.17, 15) is 4.39 Å². The van der Waals surface area contributed by atoms with E-state index in [2.05, 4.69) is 46.9 Å². The van der Waals surface area contributed by atoms with E-state index in [4.69, 9.17) is 12.2 Å². The zero-order chi connectivity index (χ0) is 14.4. The summed E-state index contributed by atoms with van der Waals surface area (Å²) in [5.41, 5.74) is 4.94. The molecule has 0 fully saturated rings. The molecule has 0 saturated carbocycles. The van der Waals surface area contributed by atoms with Gasteiger partial charge >= 0.3 is 0 Å². The topological polar surface area (TPSA) is 20.7 Å². The third kappa shape index (κ3) is 2.11. The fourth-order valence-corrected chi connectivity index (χ4v) is 2.87. The van der Waals surface area contributed by atoms with Gasteiger partial charge in [-0.3, -0.25) is 4.57 Å². The molecule has 0 bridgehead atoms. The standard InChI is InChI=1S/C15H12BrFN2S/c1-8-3-4-10(5-9(8)2)19-14-6-11(16)12(17)7-13(14)18-15(19)20/h3-7H,1-2H3,(H,18,20). The van der Waals surface area contributed by atoms with Crippen molar-refractivity contribution in [1.82, 2.24) is 9.55 Å². The van der Waals surface area contributed by atoms with Gasteiger partial charge in [0.05, 0.1) is 15.5 Å². The lowest BCUT2D eigenvalue weighted by molar-refractivity contribution is 0.623. The SMILES string of the molecule is Cc1ccc(-n2c(=S)[nH]c3cc(F)c(Br)cc32)cc1C. The summed E-state index contributed by atoms with van der Waals surface area (Å²) < 4.78 is 16.5. The predicted octanol–water partition coefficient (Wildman–Crippen LogP) is 5.21. The molecule has 0 aliphatic carbocycles. The normalized spacial score (nSPS) is 11.2. The van der Waals surface area contributed by atoms with E-state index in [0.29, 0.717) is 14.8 Å². The molecule has 2 nitrogen and oxygen atoms in total. The van der Waals surface area contributed by atoms with Crippen molar-refractivity contribution >= 4 is 39.2 Å². The van der Waals surface area contributed by atoms with Crippen LogP contribution in [-0.2, 0) is 0 Å². The highest BCUT2D eigenvalue weighted by atomic mass is 79.9. The van der Waals surface area contributed by atoms with Gasteiger partial charge in [0.2, 0.25) is 0 Å². The van der Waals surface area contributed by atoms with Gasteiger partial charge in [-0.1, -0.05) is 6.07 Å². The van der Waals surface area contributed by atoms with Gasteiger partial charge in [-0.25, -0.2) is 4.39 Å². The predicted molar refractivity (Wildman–Crippen MR) is 85.6 cm³/mol. The molecule has 2 aromatic carbocycles. The van der Waals surface area contributed by atoms with E-state index in [1.165, 1.54) is 17.2 Å². The molecule has 20 heavy (non-hydrogen) atoms. The molecule has 0 amide bonds.